The summed E-state index contributed by atoms with van der Waals surface area (Å²) < 4.78 is 4.83. The Kier molecular flexibility index (Phi) is 4.10. The smallest absolute Gasteiger partial charge is 0.307 e. The highest BCUT2D eigenvalue weighted by atomic mass is 32.1. The van der Waals surface area contributed by atoms with Crippen LogP contribution in [0, 0.1) is 6.92 Å². The molecule has 0 aromatic carbocycles. The van der Waals surface area contributed by atoms with Gasteiger partial charge in [-0.25, -0.2) is 0 Å². The van der Waals surface area contributed by atoms with Gasteiger partial charge in [0.25, 0.3) is 0 Å². The second-order valence-corrected chi connectivity index (χ2v) is 4.38. The third kappa shape index (κ3) is 3.12. The molecule has 0 aliphatic heterocycles. The summed E-state index contributed by atoms with van der Waals surface area (Å²) in [5.41, 5.74) is 5.85. The Morgan fingerprint density at radius 3 is 2.86 bits per heavy atom. The highest BCUT2D eigenvalue weighted by Gasteiger charge is 2.13. The van der Waals surface area contributed by atoms with Crippen molar-refractivity contribution < 1.29 is 9.53 Å². The second kappa shape index (κ2) is 5.12. The van der Waals surface area contributed by atoms with Gasteiger partial charge in [0, 0.05) is 15.8 Å². The quantitative estimate of drug-likeness (QED) is 0.778. The van der Waals surface area contributed by atoms with Crippen molar-refractivity contribution in [1.29, 1.82) is 0 Å². The summed E-state index contributed by atoms with van der Waals surface area (Å²) in [6.45, 7) is 4.22. The van der Waals surface area contributed by atoms with E-state index in [1.807, 2.05) is 19.1 Å². The van der Waals surface area contributed by atoms with Gasteiger partial charge >= 0.3 is 5.97 Å². The zero-order valence-corrected chi connectivity index (χ0v) is 9.26. The Bertz CT molecular complexity index is 309. The molecule has 1 atom stereocenters. The minimum atomic E-state index is -0.231. The van der Waals surface area contributed by atoms with Gasteiger partial charge in [-0.15, -0.1) is 11.3 Å². The molecule has 1 aromatic heterocycles. The van der Waals surface area contributed by atoms with Crippen LogP contribution >= 0.6 is 11.3 Å². The zero-order chi connectivity index (χ0) is 10.6. The van der Waals surface area contributed by atoms with Crippen molar-refractivity contribution in [3.05, 3.63) is 21.9 Å². The summed E-state index contributed by atoms with van der Waals surface area (Å²) in [6, 6.07) is 3.74. The van der Waals surface area contributed by atoms with Gasteiger partial charge in [0.2, 0.25) is 0 Å². The van der Waals surface area contributed by atoms with Gasteiger partial charge < -0.3 is 10.5 Å². The summed E-state index contributed by atoms with van der Waals surface area (Å²) in [5.74, 6) is -0.231. The molecule has 0 aliphatic rings. The standard InChI is InChI=1S/C10H15NO2S/c1-3-13-10(12)6-8(11)9-5-4-7(2)14-9/h4-5,8H,3,6,11H2,1-2H3/t8-/m0/s1. The van der Waals surface area contributed by atoms with Gasteiger partial charge in [-0.1, -0.05) is 0 Å². The number of thiophene rings is 1. The van der Waals surface area contributed by atoms with Crippen LogP contribution < -0.4 is 5.73 Å². The van der Waals surface area contributed by atoms with Crippen molar-refractivity contribution in [3.63, 3.8) is 0 Å². The van der Waals surface area contributed by atoms with Gasteiger partial charge in [-0.05, 0) is 26.0 Å². The maximum atomic E-state index is 11.1. The number of esters is 1. The van der Waals surface area contributed by atoms with Crippen molar-refractivity contribution in [2.24, 2.45) is 5.73 Å². The van der Waals surface area contributed by atoms with Crippen molar-refractivity contribution in [2.45, 2.75) is 26.3 Å². The molecule has 0 saturated heterocycles. The van der Waals surface area contributed by atoms with Gasteiger partial charge in [-0.3, -0.25) is 4.79 Å². The normalized spacial score (nSPS) is 12.5. The Hall–Kier alpha value is -0.870. The first-order chi connectivity index (χ1) is 6.63. The van der Waals surface area contributed by atoms with Crippen LogP contribution in [-0.2, 0) is 9.53 Å². The van der Waals surface area contributed by atoms with E-state index < -0.39 is 0 Å². The summed E-state index contributed by atoms with van der Waals surface area (Å²) in [4.78, 5) is 13.4. The molecule has 4 heteroatoms. The highest BCUT2D eigenvalue weighted by Crippen LogP contribution is 2.23. The van der Waals surface area contributed by atoms with E-state index >= 15 is 0 Å². The summed E-state index contributed by atoms with van der Waals surface area (Å²) in [7, 11) is 0. The van der Waals surface area contributed by atoms with E-state index in [1.165, 1.54) is 4.88 Å². The number of hydrogen-bond acceptors (Lipinski definition) is 4. The predicted octanol–water partition coefficient (Wildman–Crippen LogP) is 2.01. The number of aryl methyl sites for hydroxylation is 1. The fraction of sp³-hybridized carbons (Fsp3) is 0.500. The molecule has 0 bridgehead atoms. The summed E-state index contributed by atoms with van der Waals surface area (Å²) >= 11 is 1.62. The number of carbonyl (C=O) groups excluding carboxylic acids is 1. The lowest BCUT2D eigenvalue weighted by atomic mass is 10.2. The molecule has 0 aliphatic carbocycles. The first-order valence-electron chi connectivity index (χ1n) is 4.61. The Labute approximate surface area is 87.9 Å². The molecule has 0 unspecified atom stereocenters. The fourth-order valence-electron chi connectivity index (χ4n) is 1.15. The average molecular weight is 213 g/mol. The molecule has 78 valence electrons. The number of ether oxygens (including phenoxy) is 1. The van der Waals surface area contributed by atoms with Crippen LogP contribution in [0.25, 0.3) is 0 Å². The molecule has 1 aromatic rings. The second-order valence-electron chi connectivity index (χ2n) is 3.06. The highest BCUT2D eigenvalue weighted by molar-refractivity contribution is 7.12. The molecule has 0 amide bonds. The first-order valence-corrected chi connectivity index (χ1v) is 5.42. The molecule has 0 fully saturated rings. The largest absolute Gasteiger partial charge is 0.466 e. The van der Waals surface area contributed by atoms with Crippen molar-refractivity contribution in [2.75, 3.05) is 6.61 Å². The molecule has 2 N–H and O–H groups in total. The summed E-state index contributed by atoms with van der Waals surface area (Å²) in [5, 5.41) is 0. The Balaban J connectivity index is 2.50. The lowest BCUT2D eigenvalue weighted by Gasteiger charge is -2.08. The van der Waals surface area contributed by atoms with Crippen molar-refractivity contribution in [1.82, 2.24) is 0 Å². The number of nitrogens with two attached hydrogens (primary N) is 1. The van der Waals surface area contributed by atoms with E-state index in [0.29, 0.717) is 6.61 Å². The van der Waals surface area contributed by atoms with Crippen molar-refractivity contribution in [3.8, 4) is 0 Å². The van der Waals surface area contributed by atoms with Crippen LogP contribution in [0.15, 0.2) is 12.1 Å². The summed E-state index contributed by atoms with van der Waals surface area (Å²) in [6.07, 6.45) is 0.258. The third-order valence-corrected chi connectivity index (χ3v) is 2.95. The average Bonchev–Trinajstić information content (AvgIpc) is 2.52. The van der Waals surface area contributed by atoms with Crippen LogP contribution in [0.4, 0.5) is 0 Å². The molecular weight excluding hydrogens is 198 g/mol. The van der Waals surface area contributed by atoms with Crippen LogP contribution in [0.2, 0.25) is 0 Å². The fourth-order valence-corrected chi connectivity index (χ4v) is 2.03. The number of hydrogen-bond donors (Lipinski definition) is 1. The van der Waals surface area contributed by atoms with Crippen LogP contribution in [0.3, 0.4) is 0 Å². The van der Waals surface area contributed by atoms with Gasteiger partial charge in [0.15, 0.2) is 0 Å². The SMILES string of the molecule is CCOC(=O)C[C@H](N)c1ccc(C)s1. The lowest BCUT2D eigenvalue weighted by Crippen LogP contribution is -2.16. The Morgan fingerprint density at radius 1 is 1.64 bits per heavy atom. The van der Waals surface area contributed by atoms with E-state index in [1.54, 1.807) is 18.3 Å². The number of carbonyl (C=O) groups is 1. The van der Waals surface area contributed by atoms with Crippen LogP contribution in [0.5, 0.6) is 0 Å². The predicted molar refractivity (Wildman–Crippen MR) is 57.2 cm³/mol. The van der Waals surface area contributed by atoms with E-state index in [0.717, 1.165) is 4.88 Å². The lowest BCUT2D eigenvalue weighted by molar-refractivity contribution is -0.143. The van der Waals surface area contributed by atoms with Crippen LogP contribution in [0.1, 0.15) is 29.1 Å². The van der Waals surface area contributed by atoms with E-state index in [4.69, 9.17) is 10.5 Å². The molecule has 14 heavy (non-hydrogen) atoms. The first kappa shape index (κ1) is 11.2. The van der Waals surface area contributed by atoms with Gasteiger partial charge in [0.1, 0.15) is 0 Å². The van der Waals surface area contributed by atoms with Crippen LogP contribution in [-0.4, -0.2) is 12.6 Å². The van der Waals surface area contributed by atoms with Gasteiger partial charge in [0.05, 0.1) is 13.0 Å². The molecule has 0 saturated carbocycles. The number of rotatable bonds is 4. The molecule has 0 radical (unpaired) electrons. The van der Waals surface area contributed by atoms with E-state index in [-0.39, 0.29) is 18.4 Å². The monoisotopic (exact) mass is 213 g/mol. The molecule has 3 nitrogen and oxygen atoms in total. The molecule has 1 rings (SSSR count). The Morgan fingerprint density at radius 2 is 2.36 bits per heavy atom. The molecular formula is C10H15NO2S. The zero-order valence-electron chi connectivity index (χ0n) is 8.45. The molecule has 1 heterocycles. The van der Waals surface area contributed by atoms with Crippen molar-refractivity contribution >= 4 is 17.3 Å². The molecule has 0 spiro atoms. The maximum absolute atomic E-state index is 11.1. The minimum absolute atomic E-state index is 0.229. The van der Waals surface area contributed by atoms with E-state index in [9.17, 15) is 4.79 Å². The third-order valence-electron chi connectivity index (χ3n) is 1.82. The van der Waals surface area contributed by atoms with E-state index in [2.05, 4.69) is 0 Å². The minimum Gasteiger partial charge on any atom is -0.466 e. The topological polar surface area (TPSA) is 52.3 Å². The maximum Gasteiger partial charge on any atom is 0.307 e. The van der Waals surface area contributed by atoms with Gasteiger partial charge in [-0.2, -0.15) is 0 Å².